The van der Waals surface area contributed by atoms with Crippen molar-refractivity contribution in [1.82, 2.24) is 15.3 Å². The van der Waals surface area contributed by atoms with Gasteiger partial charge in [-0.15, -0.1) is 11.8 Å². The largest absolute Gasteiger partial charge is 0.357 e. The predicted octanol–water partition coefficient (Wildman–Crippen LogP) is 3.87. The molecule has 7 heteroatoms. The van der Waals surface area contributed by atoms with E-state index >= 15 is 0 Å². The summed E-state index contributed by atoms with van der Waals surface area (Å²) in [5, 5.41) is 13.1. The highest BCUT2D eigenvalue weighted by atomic mass is 32.2. The van der Waals surface area contributed by atoms with Crippen LogP contribution in [0.1, 0.15) is 65.2 Å². The summed E-state index contributed by atoms with van der Waals surface area (Å²) in [4.78, 5) is 24.3. The zero-order chi connectivity index (χ0) is 20.2. The fourth-order valence-electron chi connectivity index (χ4n) is 3.67. The lowest BCUT2D eigenvalue weighted by Gasteiger charge is -2.27. The van der Waals surface area contributed by atoms with E-state index in [1.54, 1.807) is 6.07 Å². The number of pyridine rings is 2. The van der Waals surface area contributed by atoms with Gasteiger partial charge >= 0.3 is 0 Å². The van der Waals surface area contributed by atoms with E-state index in [2.05, 4.69) is 26.3 Å². The number of carbonyl (C=O) groups excluding carboxylic acids is 1. The van der Waals surface area contributed by atoms with E-state index in [1.165, 1.54) is 31.0 Å². The van der Waals surface area contributed by atoms with Crippen LogP contribution < -0.4 is 10.2 Å². The SMILES string of the molecule is CSc1nc(C2CC2)cc(C(=O)NCc2ccc(N3CCCCC3)nc2)c1C#N. The van der Waals surface area contributed by atoms with Gasteiger partial charge in [0.2, 0.25) is 0 Å². The molecule has 0 unspecified atom stereocenters. The number of carbonyl (C=O) groups is 1. The lowest BCUT2D eigenvalue weighted by molar-refractivity contribution is 0.0950. The molecular weight excluding hydrogens is 382 g/mol. The Hall–Kier alpha value is -2.59. The first-order valence-electron chi connectivity index (χ1n) is 10.2. The lowest BCUT2D eigenvalue weighted by Crippen LogP contribution is -2.30. The Kier molecular flexibility index (Phi) is 6.00. The number of rotatable bonds is 6. The summed E-state index contributed by atoms with van der Waals surface area (Å²) in [5.41, 5.74) is 2.65. The summed E-state index contributed by atoms with van der Waals surface area (Å²) in [6, 6.07) is 7.99. The fourth-order valence-corrected chi connectivity index (χ4v) is 4.23. The van der Waals surface area contributed by atoms with Crippen LogP contribution in [0.25, 0.3) is 0 Å². The molecule has 150 valence electrons. The normalized spacial score (nSPS) is 16.3. The quantitative estimate of drug-likeness (QED) is 0.732. The topological polar surface area (TPSA) is 81.9 Å². The highest BCUT2D eigenvalue weighted by Crippen LogP contribution is 2.40. The van der Waals surface area contributed by atoms with Gasteiger partial charge in [0.15, 0.2) is 0 Å². The van der Waals surface area contributed by atoms with Gasteiger partial charge in [-0.3, -0.25) is 4.79 Å². The maximum absolute atomic E-state index is 12.8. The van der Waals surface area contributed by atoms with Crippen LogP contribution in [-0.4, -0.2) is 35.2 Å². The van der Waals surface area contributed by atoms with E-state index in [4.69, 9.17) is 0 Å². The number of anilines is 1. The zero-order valence-corrected chi connectivity index (χ0v) is 17.5. The summed E-state index contributed by atoms with van der Waals surface area (Å²) in [6.45, 7) is 2.50. The summed E-state index contributed by atoms with van der Waals surface area (Å²) in [7, 11) is 0. The number of nitrogens with one attached hydrogen (secondary N) is 1. The van der Waals surface area contributed by atoms with Crippen molar-refractivity contribution in [2.24, 2.45) is 0 Å². The van der Waals surface area contributed by atoms with Crippen LogP contribution in [-0.2, 0) is 6.54 Å². The van der Waals surface area contributed by atoms with Gasteiger partial charge < -0.3 is 10.2 Å². The van der Waals surface area contributed by atoms with Crippen molar-refractivity contribution >= 4 is 23.5 Å². The minimum Gasteiger partial charge on any atom is -0.357 e. The van der Waals surface area contributed by atoms with Gasteiger partial charge in [0.25, 0.3) is 5.91 Å². The first-order valence-corrected chi connectivity index (χ1v) is 11.4. The second kappa shape index (κ2) is 8.83. The monoisotopic (exact) mass is 407 g/mol. The number of amides is 1. The lowest BCUT2D eigenvalue weighted by atomic mass is 10.1. The van der Waals surface area contributed by atoms with E-state index in [9.17, 15) is 10.1 Å². The number of aromatic nitrogens is 2. The Morgan fingerprint density at radius 3 is 2.72 bits per heavy atom. The maximum Gasteiger partial charge on any atom is 0.253 e. The van der Waals surface area contributed by atoms with Crippen LogP contribution in [0.2, 0.25) is 0 Å². The average molecular weight is 408 g/mol. The number of thioether (sulfide) groups is 1. The van der Waals surface area contributed by atoms with Crippen LogP contribution in [0, 0.1) is 11.3 Å². The Bertz CT molecular complexity index is 927. The molecule has 2 fully saturated rings. The third-order valence-electron chi connectivity index (χ3n) is 5.49. The molecule has 4 rings (SSSR count). The zero-order valence-electron chi connectivity index (χ0n) is 16.6. The van der Waals surface area contributed by atoms with E-state index in [1.807, 2.05) is 24.6 Å². The molecule has 1 aliphatic carbocycles. The summed E-state index contributed by atoms with van der Waals surface area (Å²) in [5.74, 6) is 1.19. The number of hydrogen-bond acceptors (Lipinski definition) is 6. The minimum absolute atomic E-state index is 0.235. The van der Waals surface area contributed by atoms with Crippen LogP contribution in [0.4, 0.5) is 5.82 Å². The van der Waals surface area contributed by atoms with Gasteiger partial charge in [0.1, 0.15) is 16.9 Å². The molecule has 1 aliphatic heterocycles. The molecule has 3 heterocycles. The van der Waals surface area contributed by atoms with Crippen molar-refractivity contribution < 1.29 is 4.79 Å². The molecule has 6 nitrogen and oxygen atoms in total. The molecule has 2 aromatic rings. The summed E-state index contributed by atoms with van der Waals surface area (Å²) < 4.78 is 0. The van der Waals surface area contributed by atoms with Gasteiger partial charge in [-0.1, -0.05) is 6.07 Å². The molecule has 1 N–H and O–H groups in total. The molecule has 2 aliphatic rings. The van der Waals surface area contributed by atoms with Crippen LogP contribution in [0.5, 0.6) is 0 Å². The van der Waals surface area contributed by atoms with Crippen LogP contribution in [0.3, 0.4) is 0 Å². The molecule has 29 heavy (non-hydrogen) atoms. The smallest absolute Gasteiger partial charge is 0.253 e. The highest BCUT2D eigenvalue weighted by molar-refractivity contribution is 7.98. The van der Waals surface area contributed by atoms with Gasteiger partial charge in [-0.05, 0) is 56.1 Å². The minimum atomic E-state index is -0.235. The third kappa shape index (κ3) is 4.54. The van der Waals surface area contributed by atoms with Gasteiger partial charge in [-0.2, -0.15) is 5.26 Å². The summed E-state index contributed by atoms with van der Waals surface area (Å²) in [6.07, 6.45) is 9.63. The molecule has 0 atom stereocenters. The van der Waals surface area contributed by atoms with Crippen LogP contribution in [0.15, 0.2) is 29.4 Å². The molecule has 0 spiro atoms. The van der Waals surface area contributed by atoms with Crippen molar-refractivity contribution in [2.75, 3.05) is 24.2 Å². The maximum atomic E-state index is 12.8. The Labute approximate surface area is 175 Å². The predicted molar refractivity (Wildman–Crippen MR) is 114 cm³/mol. The van der Waals surface area contributed by atoms with E-state index in [-0.39, 0.29) is 5.91 Å². The van der Waals surface area contributed by atoms with Crippen molar-refractivity contribution in [2.45, 2.75) is 49.6 Å². The molecule has 0 bridgehead atoms. The molecular formula is C22H25N5OS. The van der Waals surface area contributed by atoms with E-state index in [0.717, 1.165) is 43.0 Å². The molecule has 1 saturated heterocycles. The van der Waals surface area contributed by atoms with Crippen molar-refractivity contribution in [3.8, 4) is 6.07 Å². The van der Waals surface area contributed by atoms with Crippen molar-refractivity contribution in [3.05, 3.63) is 46.8 Å². The molecule has 1 saturated carbocycles. The van der Waals surface area contributed by atoms with Gasteiger partial charge in [-0.25, -0.2) is 9.97 Å². The average Bonchev–Trinajstić information content (AvgIpc) is 3.63. The second-order valence-electron chi connectivity index (χ2n) is 7.62. The number of hydrogen-bond donors (Lipinski definition) is 1. The Morgan fingerprint density at radius 2 is 2.10 bits per heavy atom. The van der Waals surface area contributed by atoms with E-state index < -0.39 is 0 Å². The van der Waals surface area contributed by atoms with Crippen LogP contribution >= 0.6 is 11.8 Å². The number of nitriles is 1. The fraction of sp³-hybridized carbons (Fsp3) is 0.455. The summed E-state index contributed by atoms with van der Waals surface area (Å²) >= 11 is 1.41. The van der Waals surface area contributed by atoms with E-state index in [0.29, 0.717) is 28.6 Å². The number of nitrogens with zero attached hydrogens (tertiary/aromatic N) is 4. The standard InChI is InChI=1S/C22H25N5OS/c1-29-22-18(12-23)17(11-19(26-22)16-6-7-16)21(28)25-14-15-5-8-20(24-13-15)27-9-3-2-4-10-27/h5,8,11,13,16H,2-4,6-7,9-10,14H2,1H3,(H,25,28). The Balaban J connectivity index is 1.45. The molecule has 2 aromatic heterocycles. The second-order valence-corrected chi connectivity index (χ2v) is 8.42. The van der Waals surface area contributed by atoms with Gasteiger partial charge in [0.05, 0.1) is 11.1 Å². The molecule has 0 radical (unpaired) electrons. The third-order valence-corrected chi connectivity index (χ3v) is 6.18. The first-order chi connectivity index (χ1) is 14.2. The highest BCUT2D eigenvalue weighted by Gasteiger charge is 2.28. The van der Waals surface area contributed by atoms with Gasteiger partial charge in [0, 0.05) is 37.4 Å². The van der Waals surface area contributed by atoms with Crippen molar-refractivity contribution in [3.63, 3.8) is 0 Å². The number of piperidine rings is 1. The molecule has 1 amide bonds. The Morgan fingerprint density at radius 1 is 1.31 bits per heavy atom. The van der Waals surface area contributed by atoms with Crippen molar-refractivity contribution in [1.29, 1.82) is 5.26 Å². The first kappa shape index (κ1) is 19.7. The molecule has 0 aromatic carbocycles.